The third-order valence-electron chi connectivity index (χ3n) is 2.81. The maximum Gasteiger partial charge on any atom is 0.200 e. The van der Waals surface area contributed by atoms with Crippen LogP contribution in [0.5, 0.6) is 0 Å². The molecule has 0 fully saturated rings. The highest BCUT2D eigenvalue weighted by Gasteiger charge is 2.25. The van der Waals surface area contributed by atoms with Crippen LogP contribution in [0.3, 0.4) is 0 Å². The predicted molar refractivity (Wildman–Crippen MR) is 63.2 cm³/mol. The van der Waals surface area contributed by atoms with Crippen molar-refractivity contribution in [3.8, 4) is 0 Å². The van der Waals surface area contributed by atoms with E-state index < -0.39 is 34.5 Å². The molecule has 0 unspecified atom stereocenters. The normalized spacial score (nSPS) is 10.6. The molecule has 0 aliphatic carbocycles. The van der Waals surface area contributed by atoms with E-state index in [0.717, 1.165) is 5.56 Å². The Morgan fingerprint density at radius 1 is 0.684 bits per heavy atom. The van der Waals surface area contributed by atoms with Crippen molar-refractivity contribution in [2.75, 3.05) is 0 Å². The van der Waals surface area contributed by atoms with Gasteiger partial charge < -0.3 is 0 Å². The van der Waals surface area contributed by atoms with Crippen molar-refractivity contribution in [2.45, 2.75) is 6.32 Å². The Bertz CT molecular complexity index is 569. The van der Waals surface area contributed by atoms with Gasteiger partial charge in [0.15, 0.2) is 36.4 Å². The molecule has 0 aliphatic rings. The lowest BCUT2D eigenvalue weighted by Gasteiger charge is -2.07. The van der Waals surface area contributed by atoms with Gasteiger partial charge in [0.25, 0.3) is 0 Å². The van der Waals surface area contributed by atoms with Crippen LogP contribution in [-0.2, 0) is 6.32 Å². The van der Waals surface area contributed by atoms with E-state index in [1.165, 1.54) is 0 Å². The molecular weight excluding hydrogens is 262 g/mol. The van der Waals surface area contributed by atoms with E-state index in [9.17, 15) is 22.0 Å². The van der Waals surface area contributed by atoms with Crippen LogP contribution < -0.4 is 5.46 Å². The van der Waals surface area contributed by atoms with Gasteiger partial charge >= 0.3 is 0 Å². The van der Waals surface area contributed by atoms with E-state index in [2.05, 4.69) is 0 Å². The predicted octanol–water partition coefficient (Wildman–Crippen LogP) is 2.64. The third kappa shape index (κ3) is 2.62. The monoisotopic (exact) mass is 270 g/mol. The van der Waals surface area contributed by atoms with Gasteiger partial charge in [-0.3, -0.25) is 0 Å². The molecule has 0 atom stereocenters. The van der Waals surface area contributed by atoms with E-state index in [1.54, 1.807) is 30.3 Å². The highest BCUT2D eigenvalue weighted by molar-refractivity contribution is 6.53. The maximum atomic E-state index is 13.4. The molecule has 2 aromatic rings. The van der Waals surface area contributed by atoms with Gasteiger partial charge in [0, 0.05) is 0 Å². The van der Waals surface area contributed by atoms with E-state index in [-0.39, 0.29) is 13.6 Å². The summed E-state index contributed by atoms with van der Waals surface area (Å²) >= 11 is 0. The molecular formula is C13H8BF5. The van der Waals surface area contributed by atoms with Gasteiger partial charge in [0.2, 0.25) is 0 Å². The fraction of sp³-hybridized carbons (Fsp3) is 0.0769. The second-order valence-corrected chi connectivity index (χ2v) is 4.03. The molecule has 6 heteroatoms. The maximum absolute atomic E-state index is 13.4. The summed E-state index contributed by atoms with van der Waals surface area (Å²) in [5, 5.41) is 0. The van der Waals surface area contributed by atoms with Gasteiger partial charge in [-0.2, -0.15) is 0 Å². The molecule has 98 valence electrons. The summed E-state index contributed by atoms with van der Waals surface area (Å²) in [6, 6.07) is 8.65. The molecule has 0 nitrogen and oxygen atoms in total. The molecule has 0 saturated carbocycles. The minimum Gasteiger partial charge on any atom is -0.204 e. The SMILES string of the molecule is Fc1c(F)c(F)c(BCc2ccccc2)c(F)c1F. The minimum atomic E-state index is -2.13. The van der Waals surface area contributed by atoms with Crippen LogP contribution >= 0.6 is 0 Å². The molecule has 19 heavy (non-hydrogen) atoms. The number of benzene rings is 2. The molecule has 0 saturated heterocycles. The molecule has 0 spiro atoms. The Kier molecular flexibility index (Phi) is 3.88. The smallest absolute Gasteiger partial charge is 0.200 e. The van der Waals surface area contributed by atoms with Gasteiger partial charge in [-0.1, -0.05) is 35.9 Å². The number of hydrogen-bond acceptors (Lipinski definition) is 0. The van der Waals surface area contributed by atoms with Crippen molar-refractivity contribution in [2.24, 2.45) is 0 Å². The average Bonchev–Trinajstić information content (AvgIpc) is 2.44. The third-order valence-corrected chi connectivity index (χ3v) is 2.81. The first-order valence-corrected chi connectivity index (χ1v) is 5.56. The number of rotatable bonds is 3. The molecule has 0 heterocycles. The van der Waals surface area contributed by atoms with Gasteiger partial charge in [0.05, 0.1) is 0 Å². The first-order chi connectivity index (χ1) is 9.02. The largest absolute Gasteiger partial charge is 0.204 e. The molecule has 0 aromatic heterocycles. The Morgan fingerprint density at radius 3 is 1.68 bits per heavy atom. The van der Waals surface area contributed by atoms with Crippen LogP contribution in [-0.4, -0.2) is 7.28 Å². The topological polar surface area (TPSA) is 0 Å². The van der Waals surface area contributed by atoms with Crippen LogP contribution in [0.25, 0.3) is 0 Å². The van der Waals surface area contributed by atoms with Crippen molar-refractivity contribution in [1.82, 2.24) is 0 Å². The fourth-order valence-electron chi connectivity index (χ4n) is 1.78. The van der Waals surface area contributed by atoms with E-state index in [4.69, 9.17) is 0 Å². The van der Waals surface area contributed by atoms with E-state index in [0.29, 0.717) is 0 Å². The summed E-state index contributed by atoms with van der Waals surface area (Å²) in [7, 11) is -0.254. The molecule has 0 bridgehead atoms. The van der Waals surface area contributed by atoms with Crippen LogP contribution in [0.4, 0.5) is 22.0 Å². The van der Waals surface area contributed by atoms with Crippen LogP contribution in [0.15, 0.2) is 30.3 Å². The first kappa shape index (κ1) is 13.6. The molecule has 0 radical (unpaired) electrons. The zero-order valence-electron chi connectivity index (χ0n) is 9.69. The highest BCUT2D eigenvalue weighted by Crippen LogP contribution is 2.16. The second-order valence-electron chi connectivity index (χ2n) is 4.03. The zero-order valence-corrected chi connectivity index (χ0v) is 9.69. The van der Waals surface area contributed by atoms with Crippen molar-refractivity contribution in [3.63, 3.8) is 0 Å². The lowest BCUT2D eigenvalue weighted by Crippen LogP contribution is -2.28. The summed E-state index contributed by atoms with van der Waals surface area (Å²) in [5.41, 5.74) is -0.0216. The minimum absolute atomic E-state index is 0.194. The van der Waals surface area contributed by atoms with Crippen molar-refractivity contribution >= 4 is 12.7 Å². The van der Waals surface area contributed by atoms with Crippen molar-refractivity contribution in [1.29, 1.82) is 0 Å². The quantitative estimate of drug-likeness (QED) is 0.348. The average molecular weight is 270 g/mol. The molecule has 2 aromatic carbocycles. The van der Waals surface area contributed by atoms with Gasteiger partial charge in [0.1, 0.15) is 0 Å². The summed E-state index contributed by atoms with van der Waals surface area (Å²) in [4.78, 5) is 0. The second kappa shape index (κ2) is 5.42. The zero-order chi connectivity index (χ0) is 14.0. The van der Waals surface area contributed by atoms with Gasteiger partial charge in [-0.15, -0.1) is 0 Å². The Morgan fingerprint density at radius 2 is 1.16 bits per heavy atom. The molecule has 0 N–H and O–H groups in total. The van der Waals surface area contributed by atoms with E-state index >= 15 is 0 Å². The van der Waals surface area contributed by atoms with Crippen molar-refractivity contribution < 1.29 is 22.0 Å². The molecule has 0 aliphatic heterocycles. The van der Waals surface area contributed by atoms with Gasteiger partial charge in [-0.05, 0) is 11.8 Å². The lowest BCUT2D eigenvalue weighted by atomic mass is 9.64. The Hall–Kier alpha value is -1.85. The van der Waals surface area contributed by atoms with E-state index in [1.807, 2.05) is 0 Å². The molecule has 0 amide bonds. The first-order valence-electron chi connectivity index (χ1n) is 5.56. The summed E-state index contributed by atoms with van der Waals surface area (Å²) in [6.45, 7) is 0. The fourth-order valence-corrected chi connectivity index (χ4v) is 1.78. The standard InChI is InChI=1S/C13H8BF5/c15-9-8(10(16)12(18)13(19)11(9)17)14-6-7-4-2-1-3-5-7/h1-5,14H,6H2. The number of halogens is 5. The lowest BCUT2D eigenvalue weighted by molar-refractivity contribution is 0.384. The Balaban J connectivity index is 2.31. The van der Waals surface area contributed by atoms with Crippen molar-refractivity contribution in [3.05, 3.63) is 65.0 Å². The summed E-state index contributed by atoms with van der Waals surface area (Å²) in [5.74, 6) is -9.44. The van der Waals surface area contributed by atoms with Crippen LogP contribution in [0.1, 0.15) is 5.56 Å². The van der Waals surface area contributed by atoms with Gasteiger partial charge in [-0.25, -0.2) is 22.0 Å². The Labute approximate surface area is 107 Å². The highest BCUT2D eigenvalue weighted by atomic mass is 19.2. The summed E-state index contributed by atoms with van der Waals surface area (Å²) < 4.78 is 65.5. The summed E-state index contributed by atoms with van der Waals surface area (Å²) in [6.07, 6.45) is 0.194. The molecule has 2 rings (SSSR count). The van der Waals surface area contributed by atoms with Crippen LogP contribution in [0, 0.1) is 29.1 Å². The van der Waals surface area contributed by atoms with Crippen LogP contribution in [0.2, 0.25) is 0 Å². The number of hydrogen-bond donors (Lipinski definition) is 0.